The van der Waals surface area contributed by atoms with Crippen molar-refractivity contribution in [2.75, 3.05) is 18.1 Å². The van der Waals surface area contributed by atoms with Gasteiger partial charge in [0.25, 0.3) is 0 Å². The van der Waals surface area contributed by atoms with E-state index in [4.69, 9.17) is 0 Å². The minimum Gasteiger partial charge on any atom is -0.480 e. The second-order valence-corrected chi connectivity index (χ2v) is 6.82. The number of hydrogen-bond acceptors (Lipinski definition) is 3. The Balaban J connectivity index is 2.50. The molecule has 0 radical (unpaired) electrons. The summed E-state index contributed by atoms with van der Waals surface area (Å²) >= 11 is 1.79. The van der Waals surface area contributed by atoms with Gasteiger partial charge in [0.1, 0.15) is 5.54 Å². The van der Waals surface area contributed by atoms with Crippen LogP contribution in [0.15, 0.2) is 0 Å². The third kappa shape index (κ3) is 4.47. The topological polar surface area (TPSA) is 49.3 Å². The minimum absolute atomic E-state index is 0.341. The number of carboxylic acids is 1. The summed E-state index contributed by atoms with van der Waals surface area (Å²) in [6.07, 6.45) is 4.28. The molecule has 0 heterocycles. The zero-order valence-electron chi connectivity index (χ0n) is 11.9. The van der Waals surface area contributed by atoms with Crippen LogP contribution in [0.1, 0.15) is 46.5 Å². The molecule has 0 aromatic heterocycles. The first-order valence-electron chi connectivity index (χ1n) is 7.09. The van der Waals surface area contributed by atoms with E-state index < -0.39 is 11.5 Å². The number of rotatable bonds is 10. The van der Waals surface area contributed by atoms with Gasteiger partial charge < -0.3 is 10.4 Å². The van der Waals surface area contributed by atoms with Crippen LogP contribution in [-0.4, -0.2) is 34.7 Å². The summed E-state index contributed by atoms with van der Waals surface area (Å²) in [5, 5.41) is 12.9. The molecule has 1 aliphatic carbocycles. The van der Waals surface area contributed by atoms with Crippen LogP contribution in [0.4, 0.5) is 0 Å². The summed E-state index contributed by atoms with van der Waals surface area (Å²) in [5.74, 6) is 2.15. The average molecular weight is 273 g/mol. The molecule has 1 atom stereocenters. The summed E-state index contributed by atoms with van der Waals surface area (Å²) < 4.78 is 0. The van der Waals surface area contributed by atoms with Crippen molar-refractivity contribution in [2.24, 2.45) is 11.8 Å². The summed E-state index contributed by atoms with van der Waals surface area (Å²) in [6, 6.07) is 0. The first-order chi connectivity index (χ1) is 8.53. The van der Waals surface area contributed by atoms with Crippen LogP contribution in [0.25, 0.3) is 0 Å². The van der Waals surface area contributed by atoms with Gasteiger partial charge in [0.05, 0.1) is 0 Å². The van der Waals surface area contributed by atoms with Gasteiger partial charge in [-0.15, -0.1) is 0 Å². The highest BCUT2D eigenvalue weighted by Gasteiger charge is 2.50. The Kier molecular flexibility index (Phi) is 6.50. The van der Waals surface area contributed by atoms with Crippen LogP contribution in [0.2, 0.25) is 0 Å². The molecule has 0 saturated heterocycles. The largest absolute Gasteiger partial charge is 0.480 e. The number of aliphatic carboxylic acids is 1. The van der Waals surface area contributed by atoms with Crippen molar-refractivity contribution < 1.29 is 9.90 Å². The molecule has 0 aromatic carbocycles. The first-order valence-corrected chi connectivity index (χ1v) is 8.24. The molecule has 2 N–H and O–H groups in total. The van der Waals surface area contributed by atoms with Gasteiger partial charge in [-0.25, -0.2) is 0 Å². The predicted octanol–water partition coefficient (Wildman–Crippen LogP) is 3.00. The molecule has 0 amide bonds. The van der Waals surface area contributed by atoms with E-state index in [0.29, 0.717) is 17.6 Å². The fourth-order valence-electron chi connectivity index (χ4n) is 2.10. The minimum atomic E-state index is -0.669. The Hall–Kier alpha value is -0.220. The lowest BCUT2D eigenvalue weighted by Gasteiger charge is -2.30. The molecule has 1 unspecified atom stereocenters. The third-order valence-corrected chi connectivity index (χ3v) is 4.70. The van der Waals surface area contributed by atoms with E-state index in [9.17, 15) is 9.90 Å². The number of nitrogens with one attached hydrogen (secondary N) is 1. The molecule has 1 fully saturated rings. The van der Waals surface area contributed by atoms with E-state index in [1.807, 2.05) is 0 Å². The molecule has 4 heteroatoms. The predicted molar refractivity (Wildman–Crippen MR) is 78.2 cm³/mol. The van der Waals surface area contributed by atoms with Crippen LogP contribution in [0.5, 0.6) is 0 Å². The maximum Gasteiger partial charge on any atom is 0.325 e. The highest BCUT2D eigenvalue weighted by Crippen LogP contribution is 2.41. The summed E-state index contributed by atoms with van der Waals surface area (Å²) in [5.41, 5.74) is -0.669. The summed E-state index contributed by atoms with van der Waals surface area (Å²) in [4.78, 5) is 11.7. The van der Waals surface area contributed by atoms with E-state index in [1.165, 1.54) is 6.42 Å². The second-order valence-electron chi connectivity index (χ2n) is 5.71. The number of hydrogen-bond donors (Lipinski definition) is 2. The molecule has 1 saturated carbocycles. The van der Waals surface area contributed by atoms with Gasteiger partial charge in [0.15, 0.2) is 0 Å². The van der Waals surface area contributed by atoms with Gasteiger partial charge in [-0.1, -0.05) is 20.8 Å². The molecule has 0 spiro atoms. The van der Waals surface area contributed by atoms with Crippen LogP contribution in [0, 0.1) is 11.8 Å². The molecule has 106 valence electrons. The van der Waals surface area contributed by atoms with Gasteiger partial charge in [0, 0.05) is 5.75 Å². The summed E-state index contributed by atoms with van der Waals surface area (Å²) in [6.45, 7) is 7.30. The fourth-order valence-corrected chi connectivity index (χ4v) is 3.67. The van der Waals surface area contributed by atoms with Crippen molar-refractivity contribution in [3.05, 3.63) is 0 Å². The lowest BCUT2D eigenvalue weighted by atomic mass is 9.95. The lowest BCUT2D eigenvalue weighted by Crippen LogP contribution is -2.56. The number of thioether (sulfide) groups is 1. The Morgan fingerprint density at radius 2 is 2.17 bits per heavy atom. The van der Waals surface area contributed by atoms with Crippen molar-refractivity contribution in [3.8, 4) is 0 Å². The fraction of sp³-hybridized carbons (Fsp3) is 0.929. The average Bonchev–Trinajstić information content (AvgIpc) is 3.12. The molecular weight excluding hydrogens is 246 g/mol. The molecular formula is C14H27NO2S. The van der Waals surface area contributed by atoms with Crippen molar-refractivity contribution in [1.29, 1.82) is 0 Å². The van der Waals surface area contributed by atoms with Crippen LogP contribution >= 0.6 is 11.8 Å². The normalized spacial score (nSPS) is 18.9. The van der Waals surface area contributed by atoms with E-state index in [-0.39, 0.29) is 0 Å². The molecule has 1 aliphatic rings. The van der Waals surface area contributed by atoms with Gasteiger partial charge in [-0.05, 0) is 49.8 Å². The van der Waals surface area contributed by atoms with Crippen LogP contribution < -0.4 is 5.32 Å². The van der Waals surface area contributed by atoms with E-state index in [0.717, 1.165) is 31.6 Å². The van der Waals surface area contributed by atoms with Crippen LogP contribution in [-0.2, 0) is 4.79 Å². The number of carbonyl (C=O) groups is 1. The lowest BCUT2D eigenvalue weighted by molar-refractivity contribution is -0.144. The van der Waals surface area contributed by atoms with Gasteiger partial charge in [-0.3, -0.25) is 4.79 Å². The molecule has 1 rings (SSSR count). The van der Waals surface area contributed by atoms with E-state index >= 15 is 0 Å². The zero-order valence-corrected chi connectivity index (χ0v) is 12.7. The Morgan fingerprint density at radius 1 is 1.50 bits per heavy atom. The van der Waals surface area contributed by atoms with Crippen molar-refractivity contribution in [2.45, 2.75) is 52.0 Å². The second kappa shape index (κ2) is 7.39. The maximum atomic E-state index is 11.7. The molecule has 0 aromatic rings. The van der Waals surface area contributed by atoms with E-state index in [2.05, 4.69) is 26.1 Å². The van der Waals surface area contributed by atoms with Gasteiger partial charge in [0.2, 0.25) is 0 Å². The summed E-state index contributed by atoms with van der Waals surface area (Å²) in [7, 11) is 0. The van der Waals surface area contributed by atoms with Gasteiger partial charge in [-0.2, -0.15) is 11.8 Å². The quantitative estimate of drug-likeness (QED) is 0.601. The molecule has 0 bridgehead atoms. The Labute approximate surface area is 115 Å². The number of carboxylic acid groups (broad SMARTS) is 1. The SMILES string of the molecule is CCCNC(CSCCC(C)C)(C(=O)O)C1CC1. The maximum absolute atomic E-state index is 11.7. The zero-order chi connectivity index (χ0) is 13.6. The molecule has 3 nitrogen and oxygen atoms in total. The van der Waals surface area contributed by atoms with Gasteiger partial charge >= 0.3 is 5.97 Å². The first kappa shape index (κ1) is 15.8. The highest BCUT2D eigenvalue weighted by atomic mass is 32.2. The monoisotopic (exact) mass is 273 g/mol. The standard InChI is InChI=1S/C14H27NO2S/c1-4-8-15-14(13(16)17,12-5-6-12)10-18-9-7-11(2)3/h11-12,15H,4-10H2,1-3H3,(H,16,17). The third-order valence-electron chi connectivity index (χ3n) is 3.52. The smallest absolute Gasteiger partial charge is 0.325 e. The molecule has 0 aliphatic heterocycles. The van der Waals surface area contributed by atoms with E-state index in [1.54, 1.807) is 11.8 Å². The van der Waals surface area contributed by atoms with Crippen molar-refractivity contribution >= 4 is 17.7 Å². The van der Waals surface area contributed by atoms with Crippen molar-refractivity contribution in [3.63, 3.8) is 0 Å². The van der Waals surface area contributed by atoms with Crippen molar-refractivity contribution in [1.82, 2.24) is 5.32 Å². The Bertz CT molecular complexity index is 267. The Morgan fingerprint density at radius 3 is 2.61 bits per heavy atom. The van der Waals surface area contributed by atoms with Crippen LogP contribution in [0.3, 0.4) is 0 Å². The highest BCUT2D eigenvalue weighted by molar-refractivity contribution is 7.99. The molecule has 18 heavy (non-hydrogen) atoms.